The molecule has 0 atom stereocenters. The van der Waals surface area contributed by atoms with Crippen LogP contribution in [0.3, 0.4) is 0 Å². The van der Waals surface area contributed by atoms with Gasteiger partial charge in [0.2, 0.25) is 5.91 Å². The largest absolute Gasteiger partial charge is 0.315 e. The van der Waals surface area contributed by atoms with Crippen LogP contribution in [0.5, 0.6) is 0 Å². The van der Waals surface area contributed by atoms with Crippen molar-refractivity contribution < 1.29 is 4.79 Å². The van der Waals surface area contributed by atoms with Crippen molar-refractivity contribution in [2.24, 2.45) is 5.92 Å². The molecule has 0 aromatic rings. The normalized spacial score (nSPS) is 25.2. The first-order valence-electron chi connectivity index (χ1n) is 5.12. The zero-order valence-electron chi connectivity index (χ0n) is 7.88. The number of amides is 1. The van der Waals surface area contributed by atoms with E-state index in [1.807, 2.05) is 0 Å². The lowest BCUT2D eigenvalue weighted by molar-refractivity contribution is -0.131. The molecule has 2 aliphatic rings. The Morgan fingerprint density at radius 3 is 2.46 bits per heavy atom. The third kappa shape index (κ3) is 2.19. The van der Waals surface area contributed by atoms with Crippen molar-refractivity contribution in [2.45, 2.75) is 19.3 Å². The first kappa shape index (κ1) is 8.97. The summed E-state index contributed by atoms with van der Waals surface area (Å²) in [6, 6.07) is 0. The first-order valence-corrected chi connectivity index (χ1v) is 5.12. The monoisotopic (exact) mass is 183 g/mol. The molecule has 2 N–H and O–H groups in total. The van der Waals surface area contributed by atoms with Crippen LogP contribution in [0.1, 0.15) is 19.3 Å². The van der Waals surface area contributed by atoms with Crippen molar-refractivity contribution in [3.8, 4) is 0 Å². The van der Waals surface area contributed by atoms with Gasteiger partial charge in [-0.15, -0.1) is 0 Å². The number of carbonyl (C=O) groups is 1. The average Bonchev–Trinajstić information content (AvgIpc) is 2.02. The van der Waals surface area contributed by atoms with Crippen molar-refractivity contribution in [3.63, 3.8) is 0 Å². The molecule has 4 nitrogen and oxygen atoms in total. The van der Waals surface area contributed by atoms with Gasteiger partial charge in [-0.25, -0.2) is 5.01 Å². The molecule has 2 fully saturated rings. The Bertz CT molecular complexity index is 185. The molecule has 0 radical (unpaired) electrons. The van der Waals surface area contributed by atoms with Crippen molar-refractivity contribution in [1.82, 2.24) is 15.8 Å². The van der Waals surface area contributed by atoms with Crippen LogP contribution in [0, 0.1) is 5.92 Å². The van der Waals surface area contributed by atoms with Gasteiger partial charge in [-0.05, 0) is 12.8 Å². The van der Waals surface area contributed by atoms with Crippen LogP contribution in [0.2, 0.25) is 0 Å². The van der Waals surface area contributed by atoms with E-state index in [0.29, 0.717) is 0 Å². The van der Waals surface area contributed by atoms with Gasteiger partial charge in [0.15, 0.2) is 0 Å². The van der Waals surface area contributed by atoms with E-state index < -0.39 is 0 Å². The number of nitrogens with one attached hydrogen (secondary N) is 2. The molecule has 2 saturated heterocycles. The summed E-state index contributed by atoms with van der Waals surface area (Å²) in [7, 11) is 0. The van der Waals surface area contributed by atoms with Gasteiger partial charge in [0, 0.05) is 26.2 Å². The Labute approximate surface area is 78.6 Å². The molecule has 2 rings (SSSR count). The number of rotatable bonds is 2. The summed E-state index contributed by atoms with van der Waals surface area (Å²) >= 11 is 0. The van der Waals surface area contributed by atoms with Gasteiger partial charge in [-0.3, -0.25) is 10.2 Å². The molecular formula is C9H17N3O. The van der Waals surface area contributed by atoms with Crippen LogP contribution < -0.4 is 10.7 Å². The highest BCUT2D eigenvalue weighted by Gasteiger charge is 2.26. The highest BCUT2D eigenvalue weighted by molar-refractivity contribution is 5.79. The van der Waals surface area contributed by atoms with Crippen LogP contribution in [-0.2, 0) is 4.79 Å². The fourth-order valence-corrected chi connectivity index (χ4v) is 1.73. The zero-order valence-corrected chi connectivity index (χ0v) is 7.88. The molecule has 1 amide bonds. The minimum Gasteiger partial charge on any atom is -0.315 e. The maximum atomic E-state index is 11.5. The molecule has 2 heterocycles. The molecule has 4 heteroatoms. The number of hydrogen-bond acceptors (Lipinski definition) is 3. The van der Waals surface area contributed by atoms with Crippen molar-refractivity contribution in [1.29, 1.82) is 0 Å². The Balaban J connectivity index is 1.72. The Morgan fingerprint density at radius 2 is 1.92 bits per heavy atom. The Kier molecular flexibility index (Phi) is 2.80. The topological polar surface area (TPSA) is 44.4 Å². The van der Waals surface area contributed by atoms with Crippen LogP contribution in [0.15, 0.2) is 0 Å². The summed E-state index contributed by atoms with van der Waals surface area (Å²) < 4.78 is 0. The minimum absolute atomic E-state index is 0.195. The van der Waals surface area contributed by atoms with Crippen LogP contribution in [-0.4, -0.2) is 37.1 Å². The third-order valence-electron chi connectivity index (χ3n) is 2.78. The van der Waals surface area contributed by atoms with E-state index in [1.165, 1.54) is 19.3 Å². The summed E-state index contributed by atoms with van der Waals surface area (Å²) in [6.45, 7) is 3.73. The molecule has 0 saturated carbocycles. The quantitative estimate of drug-likeness (QED) is 0.619. The van der Waals surface area contributed by atoms with Crippen molar-refractivity contribution in [3.05, 3.63) is 0 Å². The summed E-state index contributed by atoms with van der Waals surface area (Å²) in [5.41, 5.74) is 2.98. The maximum absolute atomic E-state index is 11.5. The fourth-order valence-electron chi connectivity index (χ4n) is 1.73. The van der Waals surface area contributed by atoms with Crippen LogP contribution >= 0.6 is 0 Å². The molecule has 13 heavy (non-hydrogen) atoms. The van der Waals surface area contributed by atoms with Gasteiger partial charge >= 0.3 is 0 Å². The summed E-state index contributed by atoms with van der Waals surface area (Å²) in [5.74, 6) is 0.405. The molecule has 0 unspecified atom stereocenters. The van der Waals surface area contributed by atoms with Gasteiger partial charge in [0.05, 0.1) is 5.92 Å². The van der Waals surface area contributed by atoms with Gasteiger partial charge in [-0.1, -0.05) is 6.42 Å². The Hall–Kier alpha value is -0.610. The number of hydrogen-bond donors (Lipinski definition) is 2. The molecule has 0 spiro atoms. The van der Waals surface area contributed by atoms with E-state index in [4.69, 9.17) is 0 Å². The third-order valence-corrected chi connectivity index (χ3v) is 2.78. The van der Waals surface area contributed by atoms with Gasteiger partial charge in [0.25, 0.3) is 0 Å². The average molecular weight is 183 g/mol. The molecule has 0 aromatic heterocycles. The van der Waals surface area contributed by atoms with E-state index >= 15 is 0 Å². The summed E-state index contributed by atoms with van der Waals surface area (Å²) in [6.07, 6.45) is 3.73. The highest BCUT2D eigenvalue weighted by Crippen LogP contribution is 2.08. The van der Waals surface area contributed by atoms with E-state index in [0.717, 1.165) is 26.2 Å². The standard InChI is InChI=1S/C9H17N3O/c13-9(8-6-10-7-8)11-12-4-2-1-3-5-12/h8,10H,1-7H2,(H,11,13). The van der Waals surface area contributed by atoms with Gasteiger partial charge < -0.3 is 5.32 Å². The van der Waals surface area contributed by atoms with E-state index in [2.05, 4.69) is 15.8 Å². The molecule has 0 aromatic carbocycles. The van der Waals surface area contributed by atoms with Gasteiger partial charge in [0.1, 0.15) is 0 Å². The Morgan fingerprint density at radius 1 is 1.23 bits per heavy atom. The fraction of sp³-hybridized carbons (Fsp3) is 0.889. The smallest absolute Gasteiger partial charge is 0.239 e. The molecule has 0 aliphatic carbocycles. The first-order chi connectivity index (χ1) is 6.36. The molecular weight excluding hydrogens is 166 g/mol. The molecule has 2 aliphatic heterocycles. The SMILES string of the molecule is O=C(NN1CCCCC1)C1CNC1. The number of hydrazine groups is 1. The number of piperidine rings is 1. The second-order valence-electron chi connectivity index (χ2n) is 3.88. The van der Waals surface area contributed by atoms with Crippen molar-refractivity contribution in [2.75, 3.05) is 26.2 Å². The van der Waals surface area contributed by atoms with Gasteiger partial charge in [-0.2, -0.15) is 0 Å². The lowest BCUT2D eigenvalue weighted by Gasteiger charge is -2.31. The lowest BCUT2D eigenvalue weighted by atomic mass is 10.0. The predicted octanol–water partition coefficient (Wildman–Crippen LogP) is -0.277. The van der Waals surface area contributed by atoms with E-state index in [-0.39, 0.29) is 11.8 Å². The number of carbonyl (C=O) groups excluding carboxylic acids is 1. The van der Waals surface area contributed by atoms with Crippen LogP contribution in [0.4, 0.5) is 0 Å². The second kappa shape index (κ2) is 4.07. The van der Waals surface area contributed by atoms with E-state index in [9.17, 15) is 4.79 Å². The predicted molar refractivity (Wildman–Crippen MR) is 49.9 cm³/mol. The summed E-state index contributed by atoms with van der Waals surface area (Å²) in [4.78, 5) is 11.5. The molecule has 0 bridgehead atoms. The number of nitrogens with zero attached hydrogens (tertiary/aromatic N) is 1. The van der Waals surface area contributed by atoms with Crippen LogP contribution in [0.25, 0.3) is 0 Å². The maximum Gasteiger partial charge on any atom is 0.239 e. The lowest BCUT2D eigenvalue weighted by Crippen LogP contribution is -2.55. The van der Waals surface area contributed by atoms with E-state index in [1.54, 1.807) is 0 Å². The second-order valence-corrected chi connectivity index (χ2v) is 3.88. The zero-order chi connectivity index (χ0) is 9.10. The minimum atomic E-state index is 0.195. The molecule has 74 valence electrons. The van der Waals surface area contributed by atoms with Crippen molar-refractivity contribution >= 4 is 5.91 Å². The summed E-state index contributed by atoms with van der Waals surface area (Å²) in [5, 5.41) is 5.16. The highest BCUT2D eigenvalue weighted by atomic mass is 16.2.